The number of rotatable bonds is 2. The fourth-order valence-electron chi connectivity index (χ4n) is 1.36. The number of ether oxygens (including phenoxy) is 2. The zero-order valence-corrected chi connectivity index (χ0v) is 7.62. The number of hydrogen-bond donors (Lipinski definition) is 1. The van der Waals surface area contributed by atoms with Crippen LogP contribution in [0, 0.1) is 0 Å². The summed E-state index contributed by atoms with van der Waals surface area (Å²) in [7, 11) is 1.52. The quantitative estimate of drug-likeness (QED) is 0.394. The van der Waals surface area contributed by atoms with E-state index in [4.69, 9.17) is 15.0 Å². The molecule has 74 valence electrons. The lowest BCUT2D eigenvalue weighted by Crippen LogP contribution is -2.46. The van der Waals surface area contributed by atoms with Gasteiger partial charge in [0.1, 0.15) is 0 Å². The summed E-state index contributed by atoms with van der Waals surface area (Å²) < 4.78 is 10.2. The third kappa shape index (κ3) is 2.32. The van der Waals surface area contributed by atoms with Crippen LogP contribution in [0.25, 0.3) is 10.4 Å². The molecule has 0 aromatic rings. The van der Waals surface area contributed by atoms with Gasteiger partial charge in [0, 0.05) is 18.4 Å². The van der Waals surface area contributed by atoms with E-state index in [0.717, 1.165) is 0 Å². The summed E-state index contributed by atoms with van der Waals surface area (Å²) >= 11 is 0. The maximum atomic E-state index is 9.54. The maximum Gasteiger partial charge on any atom is 0.158 e. The number of aliphatic hydroxyl groups is 1. The molecule has 1 aliphatic rings. The Bertz CT molecular complexity index is 217. The van der Waals surface area contributed by atoms with Crippen molar-refractivity contribution in [3.8, 4) is 0 Å². The molecule has 0 radical (unpaired) electrons. The largest absolute Gasteiger partial charge is 0.390 e. The number of azide groups is 1. The zero-order chi connectivity index (χ0) is 9.84. The standard InChI is InChI=1S/C7H13N3O3/c1-4-7(11)5(9-10-8)3-6(12-2)13-4/h4-7,11H,3H2,1-2H3/t4-,5-,6+,7+/m1/s1. The molecule has 1 N–H and O–H groups in total. The first-order chi connectivity index (χ1) is 6.19. The first-order valence-electron chi connectivity index (χ1n) is 4.09. The van der Waals surface area contributed by atoms with Crippen molar-refractivity contribution in [2.24, 2.45) is 5.11 Å². The van der Waals surface area contributed by atoms with E-state index < -0.39 is 18.4 Å². The molecule has 1 heterocycles. The van der Waals surface area contributed by atoms with E-state index in [-0.39, 0.29) is 6.10 Å². The summed E-state index contributed by atoms with van der Waals surface area (Å²) in [6.07, 6.45) is -1.11. The summed E-state index contributed by atoms with van der Waals surface area (Å²) in [5.74, 6) is 0. The normalized spacial score (nSPS) is 39.6. The molecule has 0 saturated carbocycles. The van der Waals surface area contributed by atoms with Crippen molar-refractivity contribution in [3.05, 3.63) is 10.4 Å². The van der Waals surface area contributed by atoms with Crippen molar-refractivity contribution >= 4 is 0 Å². The molecule has 13 heavy (non-hydrogen) atoms. The third-order valence-corrected chi connectivity index (χ3v) is 2.14. The highest BCUT2D eigenvalue weighted by Crippen LogP contribution is 2.22. The monoisotopic (exact) mass is 187 g/mol. The molecule has 0 aromatic carbocycles. The second kappa shape index (κ2) is 4.43. The average molecular weight is 187 g/mol. The fourth-order valence-corrected chi connectivity index (χ4v) is 1.36. The van der Waals surface area contributed by atoms with E-state index in [9.17, 15) is 5.11 Å². The van der Waals surface area contributed by atoms with Crippen LogP contribution in [0.1, 0.15) is 13.3 Å². The third-order valence-electron chi connectivity index (χ3n) is 2.14. The molecule has 4 atom stereocenters. The maximum absolute atomic E-state index is 9.54. The SMILES string of the molecule is CO[C@@H]1C[C@@H](N=[N+]=[N-])[C@@H](O)[C@@H](C)O1. The Morgan fingerprint density at radius 3 is 2.92 bits per heavy atom. The van der Waals surface area contributed by atoms with Crippen LogP contribution in [0.3, 0.4) is 0 Å². The Morgan fingerprint density at radius 2 is 2.38 bits per heavy atom. The highest BCUT2D eigenvalue weighted by atomic mass is 16.7. The topological polar surface area (TPSA) is 87.5 Å². The fraction of sp³-hybridized carbons (Fsp3) is 1.00. The van der Waals surface area contributed by atoms with E-state index in [1.165, 1.54) is 7.11 Å². The molecule has 1 saturated heterocycles. The van der Waals surface area contributed by atoms with Gasteiger partial charge in [-0.25, -0.2) is 0 Å². The van der Waals surface area contributed by atoms with Gasteiger partial charge in [0.2, 0.25) is 0 Å². The van der Waals surface area contributed by atoms with E-state index in [1.54, 1.807) is 6.92 Å². The first-order valence-corrected chi connectivity index (χ1v) is 4.09. The molecule has 0 amide bonds. The Morgan fingerprint density at radius 1 is 1.69 bits per heavy atom. The highest BCUT2D eigenvalue weighted by molar-refractivity contribution is 4.85. The molecule has 6 heteroatoms. The van der Waals surface area contributed by atoms with E-state index in [2.05, 4.69) is 10.0 Å². The molecule has 0 aliphatic carbocycles. The second-order valence-electron chi connectivity index (χ2n) is 3.01. The number of hydrogen-bond acceptors (Lipinski definition) is 4. The molecule has 1 aliphatic heterocycles. The van der Waals surface area contributed by atoms with E-state index in [0.29, 0.717) is 6.42 Å². The van der Waals surface area contributed by atoms with Crippen molar-refractivity contribution in [1.29, 1.82) is 0 Å². The van der Waals surface area contributed by atoms with Gasteiger partial charge in [-0.15, -0.1) is 0 Å². The minimum absolute atomic E-state index is 0.366. The Labute approximate surface area is 76.1 Å². The molecular formula is C7H13N3O3. The van der Waals surface area contributed by atoms with E-state index in [1.807, 2.05) is 0 Å². The summed E-state index contributed by atoms with van der Waals surface area (Å²) in [5.41, 5.74) is 8.25. The lowest BCUT2D eigenvalue weighted by Gasteiger charge is -2.34. The molecule has 0 bridgehead atoms. The van der Waals surface area contributed by atoms with Gasteiger partial charge >= 0.3 is 0 Å². The molecule has 6 nitrogen and oxygen atoms in total. The van der Waals surface area contributed by atoms with Gasteiger partial charge in [0.15, 0.2) is 6.29 Å². The highest BCUT2D eigenvalue weighted by Gasteiger charge is 2.34. The van der Waals surface area contributed by atoms with Gasteiger partial charge in [-0.3, -0.25) is 0 Å². The zero-order valence-electron chi connectivity index (χ0n) is 7.62. The van der Waals surface area contributed by atoms with E-state index >= 15 is 0 Å². The predicted molar refractivity (Wildman–Crippen MR) is 44.9 cm³/mol. The van der Waals surface area contributed by atoms with Gasteiger partial charge < -0.3 is 14.6 Å². The summed E-state index contributed by atoms with van der Waals surface area (Å²) in [6.45, 7) is 1.72. The predicted octanol–water partition coefficient (Wildman–Crippen LogP) is 0.807. The van der Waals surface area contributed by atoms with Crippen LogP contribution < -0.4 is 0 Å². The van der Waals surface area contributed by atoms with Crippen LogP contribution in [-0.2, 0) is 9.47 Å². The van der Waals surface area contributed by atoms with Gasteiger partial charge in [0.25, 0.3) is 0 Å². The first kappa shape index (κ1) is 10.3. The number of nitrogens with zero attached hydrogens (tertiary/aromatic N) is 3. The molecule has 1 fully saturated rings. The van der Waals surface area contributed by atoms with Crippen molar-refractivity contribution in [2.45, 2.75) is 37.9 Å². The Balaban J connectivity index is 2.65. The Kier molecular flexibility index (Phi) is 3.50. The summed E-state index contributed by atoms with van der Waals surface area (Å²) in [5, 5.41) is 13.0. The van der Waals surface area contributed by atoms with Crippen molar-refractivity contribution in [2.75, 3.05) is 7.11 Å². The number of aliphatic hydroxyl groups excluding tert-OH is 1. The van der Waals surface area contributed by atoms with Crippen LogP contribution in [0.5, 0.6) is 0 Å². The lowest BCUT2D eigenvalue weighted by atomic mass is 10.0. The van der Waals surface area contributed by atoms with Gasteiger partial charge in [0.05, 0.1) is 18.2 Å². The molecule has 0 spiro atoms. The van der Waals surface area contributed by atoms with Gasteiger partial charge in [-0.05, 0) is 12.5 Å². The minimum Gasteiger partial charge on any atom is -0.390 e. The van der Waals surface area contributed by atoms with Crippen LogP contribution in [0.2, 0.25) is 0 Å². The van der Waals surface area contributed by atoms with Crippen LogP contribution in [0.15, 0.2) is 5.11 Å². The number of methoxy groups -OCH3 is 1. The lowest BCUT2D eigenvalue weighted by molar-refractivity contribution is -0.211. The smallest absolute Gasteiger partial charge is 0.158 e. The van der Waals surface area contributed by atoms with Gasteiger partial charge in [-0.2, -0.15) is 0 Å². The minimum atomic E-state index is -0.748. The summed E-state index contributed by atoms with van der Waals surface area (Å²) in [4.78, 5) is 2.67. The van der Waals surface area contributed by atoms with Crippen molar-refractivity contribution in [1.82, 2.24) is 0 Å². The molecular weight excluding hydrogens is 174 g/mol. The average Bonchev–Trinajstić information content (AvgIpc) is 2.13. The Hall–Kier alpha value is -0.810. The van der Waals surface area contributed by atoms with Crippen molar-refractivity contribution in [3.63, 3.8) is 0 Å². The van der Waals surface area contributed by atoms with Crippen LogP contribution in [0.4, 0.5) is 0 Å². The van der Waals surface area contributed by atoms with Crippen molar-refractivity contribution < 1.29 is 14.6 Å². The molecule has 0 aromatic heterocycles. The molecule has 1 rings (SSSR count). The van der Waals surface area contributed by atoms with Crippen LogP contribution in [-0.4, -0.2) is 36.8 Å². The second-order valence-corrected chi connectivity index (χ2v) is 3.01. The molecule has 0 unspecified atom stereocenters. The van der Waals surface area contributed by atoms with Gasteiger partial charge in [-0.1, -0.05) is 5.11 Å². The summed E-state index contributed by atoms with van der Waals surface area (Å²) in [6, 6.07) is -0.460. The van der Waals surface area contributed by atoms with Crippen LogP contribution >= 0.6 is 0 Å².